The monoisotopic (exact) mass is 314 g/mol. The zero-order valence-corrected chi connectivity index (χ0v) is 12.9. The zero-order valence-electron chi connectivity index (χ0n) is 12.1. The number of anilines is 1. The lowest BCUT2D eigenvalue weighted by atomic mass is 9.99. The van der Waals surface area contributed by atoms with Gasteiger partial charge in [0.25, 0.3) is 0 Å². The summed E-state index contributed by atoms with van der Waals surface area (Å²) < 4.78 is 0. The number of rotatable bonds is 6. The van der Waals surface area contributed by atoms with Gasteiger partial charge in [-0.05, 0) is 39.0 Å². The van der Waals surface area contributed by atoms with Gasteiger partial charge in [0.2, 0.25) is 5.91 Å². The van der Waals surface area contributed by atoms with Crippen LogP contribution in [0.1, 0.15) is 31.1 Å². The number of benzene rings is 1. The van der Waals surface area contributed by atoms with Crippen LogP contribution < -0.4 is 10.6 Å². The Morgan fingerprint density at radius 2 is 2.00 bits per heavy atom. The Labute approximate surface area is 128 Å². The van der Waals surface area contributed by atoms with Crippen molar-refractivity contribution in [2.45, 2.75) is 32.4 Å². The van der Waals surface area contributed by atoms with Gasteiger partial charge in [0, 0.05) is 5.54 Å². The Kier molecular flexibility index (Phi) is 5.71. The van der Waals surface area contributed by atoms with Gasteiger partial charge in [-0.15, -0.1) is 0 Å². The van der Waals surface area contributed by atoms with Crippen LogP contribution in [0.25, 0.3) is 0 Å². The van der Waals surface area contributed by atoms with Gasteiger partial charge in [0.1, 0.15) is 0 Å². The first kappa shape index (κ1) is 17.4. The number of carboxylic acid groups (broad SMARTS) is 1. The highest BCUT2D eigenvalue weighted by Gasteiger charge is 2.24. The van der Waals surface area contributed by atoms with E-state index in [1.54, 1.807) is 20.8 Å². The first-order valence-electron chi connectivity index (χ1n) is 6.39. The van der Waals surface area contributed by atoms with Crippen LogP contribution in [0.5, 0.6) is 0 Å². The first-order valence-corrected chi connectivity index (χ1v) is 6.77. The summed E-state index contributed by atoms with van der Waals surface area (Å²) in [6, 6.07) is 4.06. The molecule has 1 amide bonds. The molecule has 6 nitrogen and oxygen atoms in total. The van der Waals surface area contributed by atoms with E-state index in [1.807, 2.05) is 0 Å². The molecule has 116 valence electrons. The van der Waals surface area contributed by atoms with Crippen molar-refractivity contribution in [3.05, 3.63) is 28.8 Å². The minimum Gasteiger partial charge on any atom is -0.478 e. The largest absolute Gasteiger partial charge is 0.478 e. The minimum atomic E-state index is -1.10. The summed E-state index contributed by atoms with van der Waals surface area (Å²) in [4.78, 5) is 22.7. The summed E-state index contributed by atoms with van der Waals surface area (Å²) in [5.74, 6) is -1.48. The van der Waals surface area contributed by atoms with Gasteiger partial charge in [0.15, 0.2) is 0 Å². The molecule has 0 fully saturated rings. The molecule has 0 radical (unpaired) electrons. The number of amides is 1. The third kappa shape index (κ3) is 5.00. The fraction of sp³-hybridized carbons (Fsp3) is 0.429. The maximum Gasteiger partial charge on any atom is 0.335 e. The number of aliphatic hydroxyl groups is 1. The summed E-state index contributed by atoms with van der Waals surface area (Å²) in [5, 5.41) is 24.2. The Morgan fingerprint density at radius 3 is 2.52 bits per heavy atom. The van der Waals surface area contributed by atoms with Crippen molar-refractivity contribution >= 4 is 29.2 Å². The number of halogens is 1. The normalized spacial score (nSPS) is 12.8. The fourth-order valence-electron chi connectivity index (χ4n) is 1.40. The number of carbonyl (C=O) groups is 2. The third-order valence-corrected chi connectivity index (χ3v) is 3.57. The summed E-state index contributed by atoms with van der Waals surface area (Å²) in [7, 11) is 0. The zero-order chi connectivity index (χ0) is 16.2. The maximum absolute atomic E-state index is 11.9. The highest BCUT2D eigenvalue weighted by molar-refractivity contribution is 6.33. The molecule has 0 saturated heterocycles. The number of carbonyl (C=O) groups excluding carboxylic acids is 1. The molecule has 0 bridgehead atoms. The van der Waals surface area contributed by atoms with Crippen molar-refractivity contribution in [2.24, 2.45) is 0 Å². The molecule has 4 N–H and O–H groups in total. The first-order chi connectivity index (χ1) is 9.63. The lowest BCUT2D eigenvalue weighted by Gasteiger charge is -2.29. The predicted molar refractivity (Wildman–Crippen MR) is 80.8 cm³/mol. The molecule has 1 aromatic rings. The third-order valence-electron chi connectivity index (χ3n) is 3.24. The van der Waals surface area contributed by atoms with Gasteiger partial charge in [0.05, 0.1) is 28.9 Å². The predicted octanol–water partition coefficient (Wildman–Crippen LogP) is 1.73. The summed E-state index contributed by atoms with van der Waals surface area (Å²) in [5.41, 5.74) is -0.352. The van der Waals surface area contributed by atoms with Crippen LogP contribution in [0.2, 0.25) is 5.02 Å². The average Bonchev–Trinajstić information content (AvgIpc) is 2.38. The number of aliphatic hydroxyl groups excluding tert-OH is 1. The van der Waals surface area contributed by atoms with E-state index in [4.69, 9.17) is 16.7 Å². The van der Waals surface area contributed by atoms with Gasteiger partial charge >= 0.3 is 5.97 Å². The molecule has 1 unspecified atom stereocenters. The van der Waals surface area contributed by atoms with E-state index in [2.05, 4.69) is 10.6 Å². The molecule has 0 aliphatic rings. The molecular formula is C14H19ClN2O4. The van der Waals surface area contributed by atoms with Crippen LogP contribution in [0, 0.1) is 0 Å². The lowest BCUT2D eigenvalue weighted by Crippen LogP contribution is -2.50. The van der Waals surface area contributed by atoms with Crippen molar-refractivity contribution in [3.63, 3.8) is 0 Å². The summed E-state index contributed by atoms with van der Waals surface area (Å²) in [6.45, 7) is 5.12. The number of hydrogen-bond acceptors (Lipinski definition) is 4. The van der Waals surface area contributed by atoms with Crippen molar-refractivity contribution in [3.8, 4) is 0 Å². The second kappa shape index (κ2) is 6.89. The Hall–Kier alpha value is -1.63. The molecular weight excluding hydrogens is 296 g/mol. The molecule has 1 rings (SSSR count). The van der Waals surface area contributed by atoms with Crippen molar-refractivity contribution < 1.29 is 19.8 Å². The van der Waals surface area contributed by atoms with E-state index in [1.165, 1.54) is 18.2 Å². The highest BCUT2D eigenvalue weighted by atomic mass is 35.5. The van der Waals surface area contributed by atoms with E-state index < -0.39 is 17.6 Å². The van der Waals surface area contributed by atoms with Crippen LogP contribution in [0.3, 0.4) is 0 Å². The number of hydrogen-bond donors (Lipinski definition) is 4. The van der Waals surface area contributed by atoms with Crippen LogP contribution in [-0.4, -0.2) is 40.3 Å². The molecule has 0 spiro atoms. The number of aromatic carboxylic acids is 1. The van der Waals surface area contributed by atoms with E-state index in [-0.39, 0.29) is 28.7 Å². The molecule has 1 aromatic carbocycles. The maximum atomic E-state index is 11.9. The van der Waals surface area contributed by atoms with Crippen LogP contribution in [0.4, 0.5) is 5.69 Å². The molecule has 1 atom stereocenters. The molecule has 0 heterocycles. The minimum absolute atomic E-state index is 0.0342. The number of carboxylic acids is 1. The molecule has 0 aliphatic heterocycles. The second-order valence-corrected chi connectivity index (χ2v) is 5.71. The molecule has 0 aromatic heterocycles. The topological polar surface area (TPSA) is 98.7 Å². The van der Waals surface area contributed by atoms with Crippen molar-refractivity contribution in [1.82, 2.24) is 5.32 Å². The van der Waals surface area contributed by atoms with Crippen molar-refractivity contribution in [2.75, 3.05) is 11.9 Å². The van der Waals surface area contributed by atoms with E-state index in [0.717, 1.165) is 0 Å². The Morgan fingerprint density at radius 1 is 1.38 bits per heavy atom. The van der Waals surface area contributed by atoms with Gasteiger partial charge in [-0.2, -0.15) is 0 Å². The van der Waals surface area contributed by atoms with Crippen molar-refractivity contribution in [1.29, 1.82) is 0 Å². The van der Waals surface area contributed by atoms with E-state index in [9.17, 15) is 14.7 Å². The SMILES string of the molecule is CC(O)C(C)(C)NCC(=O)Nc1cc(C(=O)O)ccc1Cl. The highest BCUT2D eigenvalue weighted by Crippen LogP contribution is 2.23. The van der Waals surface area contributed by atoms with E-state index >= 15 is 0 Å². The van der Waals surface area contributed by atoms with Gasteiger partial charge in [-0.3, -0.25) is 4.79 Å². The average molecular weight is 315 g/mol. The van der Waals surface area contributed by atoms with Gasteiger partial charge < -0.3 is 20.8 Å². The second-order valence-electron chi connectivity index (χ2n) is 5.30. The van der Waals surface area contributed by atoms with Gasteiger partial charge in [-0.25, -0.2) is 4.79 Å². The lowest BCUT2D eigenvalue weighted by molar-refractivity contribution is -0.115. The molecule has 0 saturated carbocycles. The molecule has 0 aliphatic carbocycles. The summed E-state index contributed by atoms with van der Waals surface area (Å²) >= 11 is 5.92. The fourth-order valence-corrected chi connectivity index (χ4v) is 1.57. The Balaban J connectivity index is 2.71. The van der Waals surface area contributed by atoms with Crippen LogP contribution >= 0.6 is 11.6 Å². The molecule has 21 heavy (non-hydrogen) atoms. The van der Waals surface area contributed by atoms with Crippen LogP contribution in [0.15, 0.2) is 18.2 Å². The van der Waals surface area contributed by atoms with E-state index in [0.29, 0.717) is 0 Å². The standard InChI is InChI=1S/C14H19ClN2O4/c1-8(18)14(2,3)16-7-12(19)17-11-6-9(13(20)21)4-5-10(11)15/h4-6,8,16,18H,7H2,1-3H3,(H,17,19)(H,20,21). The molecule has 7 heteroatoms. The quantitative estimate of drug-likeness (QED) is 0.641. The van der Waals surface area contributed by atoms with Crippen LogP contribution in [-0.2, 0) is 4.79 Å². The Bertz CT molecular complexity index is 544. The number of nitrogens with one attached hydrogen (secondary N) is 2. The smallest absolute Gasteiger partial charge is 0.335 e. The van der Waals surface area contributed by atoms with Gasteiger partial charge in [-0.1, -0.05) is 11.6 Å². The summed E-state index contributed by atoms with van der Waals surface area (Å²) in [6.07, 6.45) is -0.635.